The Morgan fingerprint density at radius 2 is 0.676 bits per heavy atom. The van der Waals surface area contributed by atoms with Crippen molar-refractivity contribution in [3.05, 3.63) is 131 Å². The first kappa shape index (κ1) is 22.3. The minimum absolute atomic E-state index is 0.0513. The lowest BCUT2D eigenvalue weighted by Crippen LogP contribution is -1.99. The molecule has 34 heavy (non-hydrogen) atoms. The van der Waals surface area contributed by atoms with Crippen LogP contribution in [0.3, 0.4) is 0 Å². The highest BCUT2D eigenvalue weighted by atomic mass is 35.5. The highest BCUT2D eigenvalue weighted by Gasteiger charge is 2.27. The van der Waals surface area contributed by atoms with Crippen LogP contribution in [0, 0.1) is 11.6 Å². The third-order valence-corrected chi connectivity index (χ3v) is 6.54. The van der Waals surface area contributed by atoms with Gasteiger partial charge in [0.25, 0.3) is 0 Å². The van der Waals surface area contributed by atoms with Crippen LogP contribution in [0.4, 0.5) is 8.78 Å². The highest BCUT2D eigenvalue weighted by molar-refractivity contribution is 6.38. The van der Waals surface area contributed by atoms with Crippen molar-refractivity contribution in [1.29, 1.82) is 0 Å². The molecule has 0 heterocycles. The molecule has 0 atom stereocenters. The van der Waals surface area contributed by atoms with Crippen LogP contribution in [-0.4, -0.2) is 0 Å². The van der Waals surface area contributed by atoms with Gasteiger partial charge in [-0.1, -0.05) is 132 Å². The molecule has 0 nitrogen and oxygen atoms in total. The molecule has 5 aromatic rings. The summed E-state index contributed by atoms with van der Waals surface area (Å²) >= 11 is 13.1. The van der Waals surface area contributed by atoms with Crippen LogP contribution in [-0.2, 0) is 0 Å². The van der Waals surface area contributed by atoms with Gasteiger partial charge in [0.1, 0.15) is 0 Å². The molecule has 0 amide bonds. The van der Waals surface area contributed by atoms with E-state index in [9.17, 15) is 0 Å². The normalized spacial score (nSPS) is 10.9. The number of benzene rings is 5. The Morgan fingerprint density at radius 1 is 0.382 bits per heavy atom. The number of hydrogen-bond donors (Lipinski definition) is 0. The fourth-order valence-electron chi connectivity index (χ4n) is 4.25. The summed E-state index contributed by atoms with van der Waals surface area (Å²) in [5, 5.41) is -0.605. The largest absolute Gasteiger partial charge is 0.205 e. The molecule has 4 heteroatoms. The van der Waals surface area contributed by atoms with E-state index in [1.807, 2.05) is 84.9 Å². The van der Waals surface area contributed by atoms with Crippen molar-refractivity contribution in [3.63, 3.8) is 0 Å². The summed E-state index contributed by atoms with van der Waals surface area (Å²) in [4.78, 5) is 0. The quantitative estimate of drug-likeness (QED) is 0.221. The number of hydrogen-bond acceptors (Lipinski definition) is 0. The van der Waals surface area contributed by atoms with Gasteiger partial charge in [-0.25, -0.2) is 8.78 Å². The lowest BCUT2D eigenvalue weighted by atomic mass is 9.90. The molecule has 0 fully saturated rings. The van der Waals surface area contributed by atoms with E-state index in [4.69, 9.17) is 23.2 Å². The summed E-state index contributed by atoms with van der Waals surface area (Å²) < 4.78 is 31.8. The van der Waals surface area contributed by atoms with Gasteiger partial charge in [0.15, 0.2) is 11.6 Å². The van der Waals surface area contributed by atoms with Crippen LogP contribution in [0.15, 0.2) is 109 Å². The topological polar surface area (TPSA) is 0 Å². The van der Waals surface area contributed by atoms with Crippen LogP contribution >= 0.6 is 23.2 Å². The first-order chi connectivity index (χ1) is 16.6. The molecule has 0 bridgehead atoms. The Hall–Kier alpha value is -3.46. The average molecular weight is 487 g/mol. The molecule has 0 aliphatic rings. The van der Waals surface area contributed by atoms with Crippen molar-refractivity contribution in [1.82, 2.24) is 0 Å². The molecule has 5 rings (SSSR count). The van der Waals surface area contributed by atoms with Crippen LogP contribution in [0.1, 0.15) is 0 Å². The van der Waals surface area contributed by atoms with Gasteiger partial charge in [0.2, 0.25) is 0 Å². The molecule has 0 spiro atoms. The molecule has 0 aromatic heterocycles. The summed E-state index contributed by atoms with van der Waals surface area (Å²) in [7, 11) is 0. The van der Waals surface area contributed by atoms with Crippen molar-refractivity contribution in [3.8, 4) is 44.5 Å². The van der Waals surface area contributed by atoms with E-state index in [-0.39, 0.29) is 21.2 Å². The Kier molecular flexibility index (Phi) is 6.19. The van der Waals surface area contributed by atoms with Crippen molar-refractivity contribution in [2.45, 2.75) is 0 Å². The van der Waals surface area contributed by atoms with E-state index in [2.05, 4.69) is 0 Å². The van der Waals surface area contributed by atoms with Gasteiger partial charge in [0, 0.05) is 11.1 Å². The first-order valence-electron chi connectivity index (χ1n) is 10.7. The van der Waals surface area contributed by atoms with E-state index in [0.717, 1.165) is 22.3 Å². The van der Waals surface area contributed by atoms with Gasteiger partial charge < -0.3 is 0 Å². The fourth-order valence-corrected chi connectivity index (χ4v) is 4.80. The fraction of sp³-hybridized carbons (Fsp3) is 0. The summed E-state index contributed by atoms with van der Waals surface area (Å²) in [6.07, 6.45) is 0. The van der Waals surface area contributed by atoms with E-state index >= 15 is 8.78 Å². The number of halogens is 4. The first-order valence-corrected chi connectivity index (χ1v) is 11.5. The zero-order valence-corrected chi connectivity index (χ0v) is 19.4. The smallest absolute Gasteiger partial charge is 0.151 e. The van der Waals surface area contributed by atoms with Crippen LogP contribution < -0.4 is 0 Å². The molecule has 0 radical (unpaired) electrons. The second kappa shape index (κ2) is 9.42. The van der Waals surface area contributed by atoms with Crippen molar-refractivity contribution in [2.75, 3.05) is 0 Å². The van der Waals surface area contributed by atoms with E-state index < -0.39 is 11.6 Å². The Labute approximate surface area is 207 Å². The standard InChI is InChI=1S/C30H18Cl2F2/c31-27-25(23-17-9-7-15-21(23)19-11-3-1-4-12-19)29(33)28(32)26(30(27)34)24-18-10-8-16-22(24)20-13-5-2-6-14-20/h1-18H. The maximum absolute atomic E-state index is 15.9. The second-order valence-corrected chi connectivity index (χ2v) is 8.59. The lowest BCUT2D eigenvalue weighted by molar-refractivity contribution is 0.607. The van der Waals surface area contributed by atoms with Gasteiger partial charge >= 0.3 is 0 Å². The minimum Gasteiger partial charge on any atom is -0.205 e. The summed E-state index contributed by atoms with van der Waals surface area (Å²) in [5.41, 5.74) is 4.04. The predicted molar refractivity (Wildman–Crippen MR) is 138 cm³/mol. The van der Waals surface area contributed by atoms with Gasteiger partial charge in [-0.15, -0.1) is 0 Å². The third-order valence-electron chi connectivity index (χ3n) is 5.83. The molecule has 0 N–H and O–H groups in total. The molecule has 0 aliphatic heterocycles. The molecular formula is C30H18Cl2F2. The monoisotopic (exact) mass is 486 g/mol. The van der Waals surface area contributed by atoms with Crippen LogP contribution in [0.2, 0.25) is 10.0 Å². The minimum atomic E-state index is -0.755. The van der Waals surface area contributed by atoms with E-state index in [1.54, 1.807) is 24.3 Å². The predicted octanol–water partition coefficient (Wildman–Crippen LogP) is 9.94. The van der Waals surface area contributed by atoms with E-state index in [0.29, 0.717) is 11.1 Å². The SMILES string of the molecule is Fc1c(Cl)c(-c2ccccc2-c2ccccc2)c(F)c(Cl)c1-c1ccccc1-c1ccccc1. The Balaban J connectivity index is 1.76. The highest BCUT2D eigenvalue weighted by Crippen LogP contribution is 2.47. The van der Waals surface area contributed by atoms with Crippen LogP contribution in [0.5, 0.6) is 0 Å². The maximum atomic E-state index is 15.9. The zero-order chi connectivity index (χ0) is 23.7. The van der Waals surface area contributed by atoms with Gasteiger partial charge in [-0.05, 0) is 33.4 Å². The molecule has 0 saturated carbocycles. The third kappa shape index (κ3) is 3.90. The zero-order valence-electron chi connectivity index (χ0n) is 17.9. The Morgan fingerprint density at radius 3 is 1.03 bits per heavy atom. The van der Waals surface area contributed by atoms with Crippen molar-refractivity contribution >= 4 is 23.2 Å². The maximum Gasteiger partial charge on any atom is 0.151 e. The number of rotatable bonds is 4. The van der Waals surface area contributed by atoms with E-state index in [1.165, 1.54) is 0 Å². The molecule has 166 valence electrons. The summed E-state index contributed by atoms with van der Waals surface area (Å²) in [6, 6.07) is 33.4. The molecule has 0 saturated heterocycles. The molecule has 0 unspecified atom stereocenters. The lowest BCUT2D eigenvalue weighted by Gasteiger charge is -2.18. The van der Waals surface area contributed by atoms with Crippen molar-refractivity contribution < 1.29 is 8.78 Å². The van der Waals surface area contributed by atoms with Crippen LogP contribution in [0.25, 0.3) is 44.5 Å². The summed E-state index contributed by atoms with van der Waals surface area (Å²) in [6.45, 7) is 0. The van der Waals surface area contributed by atoms with Crippen molar-refractivity contribution in [2.24, 2.45) is 0 Å². The second-order valence-electron chi connectivity index (χ2n) is 7.83. The molecule has 5 aromatic carbocycles. The van der Waals surface area contributed by atoms with Gasteiger partial charge in [0.05, 0.1) is 10.0 Å². The average Bonchev–Trinajstić information content (AvgIpc) is 2.89. The van der Waals surface area contributed by atoms with Gasteiger partial charge in [-0.2, -0.15) is 0 Å². The van der Waals surface area contributed by atoms with Gasteiger partial charge in [-0.3, -0.25) is 0 Å². The molecule has 0 aliphatic carbocycles. The summed E-state index contributed by atoms with van der Waals surface area (Å²) in [5.74, 6) is -1.51. The molecular weight excluding hydrogens is 469 g/mol. The Bertz CT molecular complexity index is 1340.